The van der Waals surface area contributed by atoms with Crippen molar-refractivity contribution in [3.05, 3.63) is 41.3 Å². The van der Waals surface area contributed by atoms with Crippen LogP contribution >= 0.6 is 0 Å². The van der Waals surface area contributed by atoms with E-state index in [2.05, 4.69) is 53.6 Å². The molecule has 0 bridgehead atoms. The molecule has 1 N–H and O–H groups in total. The fraction of sp³-hybridized carbons (Fsp3) is 0.526. The van der Waals surface area contributed by atoms with Gasteiger partial charge in [-0.2, -0.15) is 0 Å². The van der Waals surface area contributed by atoms with Gasteiger partial charge in [0.05, 0.1) is 6.42 Å². The number of carbonyl (C=O) groups excluding carboxylic acids is 1. The molecule has 128 valence electrons. The lowest BCUT2D eigenvalue weighted by Gasteiger charge is -2.19. The van der Waals surface area contributed by atoms with E-state index in [1.165, 1.54) is 12.0 Å². The molecule has 0 aliphatic heterocycles. The summed E-state index contributed by atoms with van der Waals surface area (Å²) in [5.41, 5.74) is 2.43. The SMILES string of the molecule is CC(C)c1ccc(Cc2nnc(NC(=O)C3CCCCC3)o2)cc1. The van der Waals surface area contributed by atoms with E-state index in [0.717, 1.165) is 31.2 Å². The molecule has 3 rings (SSSR count). The Balaban J connectivity index is 1.57. The maximum absolute atomic E-state index is 12.2. The van der Waals surface area contributed by atoms with Crippen molar-refractivity contribution in [2.45, 2.75) is 58.3 Å². The molecule has 1 amide bonds. The molecule has 1 fully saturated rings. The Labute approximate surface area is 142 Å². The van der Waals surface area contributed by atoms with Gasteiger partial charge in [-0.15, -0.1) is 5.10 Å². The van der Waals surface area contributed by atoms with E-state index in [9.17, 15) is 4.79 Å². The highest BCUT2D eigenvalue weighted by molar-refractivity contribution is 5.90. The summed E-state index contributed by atoms with van der Waals surface area (Å²) in [5, 5.41) is 10.7. The smallest absolute Gasteiger partial charge is 0.322 e. The fourth-order valence-electron chi connectivity index (χ4n) is 3.14. The lowest BCUT2D eigenvalue weighted by molar-refractivity contribution is -0.120. The normalized spacial score (nSPS) is 15.6. The minimum Gasteiger partial charge on any atom is -0.407 e. The van der Waals surface area contributed by atoms with Gasteiger partial charge in [-0.3, -0.25) is 10.1 Å². The molecule has 0 atom stereocenters. The molecule has 24 heavy (non-hydrogen) atoms. The topological polar surface area (TPSA) is 68.0 Å². The number of nitrogens with zero attached hydrogens (tertiary/aromatic N) is 2. The van der Waals surface area contributed by atoms with Gasteiger partial charge in [0.15, 0.2) is 0 Å². The van der Waals surface area contributed by atoms with E-state index in [-0.39, 0.29) is 17.8 Å². The summed E-state index contributed by atoms with van der Waals surface area (Å²) in [5.74, 6) is 1.12. The number of aromatic nitrogens is 2. The molecule has 1 aliphatic carbocycles. The number of nitrogens with one attached hydrogen (secondary N) is 1. The Morgan fingerprint density at radius 1 is 1.17 bits per heavy atom. The van der Waals surface area contributed by atoms with E-state index >= 15 is 0 Å². The number of rotatable bonds is 5. The van der Waals surface area contributed by atoms with Crippen LogP contribution in [0.2, 0.25) is 0 Å². The first kappa shape index (κ1) is 16.7. The van der Waals surface area contributed by atoms with Gasteiger partial charge < -0.3 is 4.42 Å². The predicted octanol–water partition coefficient (Wildman–Crippen LogP) is 4.30. The molecule has 1 heterocycles. The third kappa shape index (κ3) is 4.22. The monoisotopic (exact) mass is 327 g/mol. The zero-order valence-electron chi connectivity index (χ0n) is 14.4. The fourth-order valence-corrected chi connectivity index (χ4v) is 3.14. The summed E-state index contributed by atoms with van der Waals surface area (Å²) >= 11 is 0. The summed E-state index contributed by atoms with van der Waals surface area (Å²) in [6, 6.07) is 8.63. The van der Waals surface area contributed by atoms with Gasteiger partial charge in [0, 0.05) is 5.92 Å². The molecule has 5 nitrogen and oxygen atoms in total. The molecule has 0 radical (unpaired) electrons. The Kier molecular flexibility index (Phi) is 5.28. The summed E-state index contributed by atoms with van der Waals surface area (Å²) < 4.78 is 5.57. The first-order valence-electron chi connectivity index (χ1n) is 8.84. The molecule has 5 heteroatoms. The van der Waals surface area contributed by atoms with Gasteiger partial charge in [-0.1, -0.05) is 62.5 Å². The summed E-state index contributed by atoms with van der Waals surface area (Å²) in [4.78, 5) is 12.2. The number of hydrogen-bond donors (Lipinski definition) is 1. The average molecular weight is 327 g/mol. The highest BCUT2D eigenvalue weighted by atomic mass is 16.4. The summed E-state index contributed by atoms with van der Waals surface area (Å²) in [7, 11) is 0. The van der Waals surface area contributed by atoms with Gasteiger partial charge in [0.2, 0.25) is 11.8 Å². The second kappa shape index (κ2) is 7.60. The molecule has 1 aromatic carbocycles. The molecule has 0 spiro atoms. The van der Waals surface area contributed by atoms with Crippen LogP contribution in [-0.2, 0) is 11.2 Å². The van der Waals surface area contributed by atoms with Gasteiger partial charge in [0.25, 0.3) is 0 Å². The first-order chi connectivity index (χ1) is 11.6. The van der Waals surface area contributed by atoms with Gasteiger partial charge in [-0.25, -0.2) is 0 Å². The first-order valence-corrected chi connectivity index (χ1v) is 8.84. The van der Waals surface area contributed by atoms with Crippen molar-refractivity contribution in [2.24, 2.45) is 5.92 Å². The zero-order valence-corrected chi connectivity index (χ0v) is 14.4. The molecule has 1 saturated carbocycles. The van der Waals surface area contributed by atoms with Crippen LogP contribution in [0.1, 0.15) is 68.9 Å². The average Bonchev–Trinajstić information content (AvgIpc) is 3.03. The highest BCUT2D eigenvalue weighted by Gasteiger charge is 2.22. The van der Waals surface area contributed by atoms with Crippen molar-refractivity contribution >= 4 is 11.9 Å². The van der Waals surface area contributed by atoms with Crippen molar-refractivity contribution < 1.29 is 9.21 Å². The van der Waals surface area contributed by atoms with E-state index in [1.54, 1.807) is 0 Å². The molecule has 0 unspecified atom stereocenters. The van der Waals surface area contributed by atoms with E-state index in [1.807, 2.05) is 0 Å². The van der Waals surface area contributed by atoms with Gasteiger partial charge in [-0.05, 0) is 29.9 Å². The van der Waals surface area contributed by atoms with Crippen LogP contribution in [0.5, 0.6) is 0 Å². The van der Waals surface area contributed by atoms with Gasteiger partial charge in [0.1, 0.15) is 0 Å². The summed E-state index contributed by atoms with van der Waals surface area (Å²) in [6.07, 6.45) is 5.96. The predicted molar refractivity (Wildman–Crippen MR) is 92.8 cm³/mol. The minimum absolute atomic E-state index is 0.00573. The Bertz CT molecular complexity index is 670. The van der Waals surface area contributed by atoms with Crippen molar-refractivity contribution in [1.82, 2.24) is 10.2 Å². The molecule has 1 aliphatic rings. The van der Waals surface area contributed by atoms with Crippen LogP contribution in [0.4, 0.5) is 6.01 Å². The van der Waals surface area contributed by atoms with Crippen LogP contribution in [0.3, 0.4) is 0 Å². The van der Waals surface area contributed by atoms with E-state index in [0.29, 0.717) is 18.2 Å². The molecule has 2 aromatic rings. The van der Waals surface area contributed by atoms with Crippen LogP contribution in [0, 0.1) is 5.92 Å². The quantitative estimate of drug-likeness (QED) is 0.889. The Morgan fingerprint density at radius 2 is 1.88 bits per heavy atom. The zero-order chi connectivity index (χ0) is 16.9. The lowest BCUT2D eigenvalue weighted by atomic mass is 9.89. The van der Waals surface area contributed by atoms with Crippen LogP contribution in [0.15, 0.2) is 28.7 Å². The minimum atomic E-state index is 0.00573. The van der Waals surface area contributed by atoms with Gasteiger partial charge >= 0.3 is 6.01 Å². The number of amides is 1. The Hall–Kier alpha value is -2.17. The van der Waals surface area contributed by atoms with Crippen LogP contribution in [0.25, 0.3) is 0 Å². The number of carbonyl (C=O) groups is 1. The number of anilines is 1. The largest absolute Gasteiger partial charge is 0.407 e. The Morgan fingerprint density at radius 3 is 2.54 bits per heavy atom. The standard InChI is InChI=1S/C19H25N3O2/c1-13(2)15-10-8-14(9-11-15)12-17-21-22-19(24-17)20-18(23)16-6-4-3-5-7-16/h8-11,13,16H,3-7,12H2,1-2H3,(H,20,22,23). The number of hydrogen-bond acceptors (Lipinski definition) is 4. The third-order valence-corrected chi connectivity index (χ3v) is 4.67. The van der Waals surface area contributed by atoms with Crippen molar-refractivity contribution in [2.75, 3.05) is 5.32 Å². The second-order valence-electron chi connectivity index (χ2n) is 6.90. The maximum atomic E-state index is 12.2. The maximum Gasteiger partial charge on any atom is 0.322 e. The molecule has 0 saturated heterocycles. The van der Waals surface area contributed by atoms with Crippen molar-refractivity contribution in [3.63, 3.8) is 0 Å². The van der Waals surface area contributed by atoms with E-state index < -0.39 is 0 Å². The van der Waals surface area contributed by atoms with Crippen LogP contribution in [-0.4, -0.2) is 16.1 Å². The molecular weight excluding hydrogens is 302 g/mol. The van der Waals surface area contributed by atoms with Crippen LogP contribution < -0.4 is 5.32 Å². The highest BCUT2D eigenvalue weighted by Crippen LogP contribution is 2.25. The van der Waals surface area contributed by atoms with Crippen molar-refractivity contribution in [1.29, 1.82) is 0 Å². The van der Waals surface area contributed by atoms with Crippen molar-refractivity contribution in [3.8, 4) is 0 Å². The summed E-state index contributed by atoms with van der Waals surface area (Å²) in [6.45, 7) is 4.35. The molecular formula is C19H25N3O2. The molecule has 1 aromatic heterocycles. The third-order valence-electron chi connectivity index (χ3n) is 4.67. The van der Waals surface area contributed by atoms with E-state index in [4.69, 9.17) is 4.42 Å². The lowest BCUT2D eigenvalue weighted by Crippen LogP contribution is -2.24. The number of benzene rings is 1. The second-order valence-corrected chi connectivity index (χ2v) is 6.90.